The Kier molecular flexibility index (Phi) is 6.35. The summed E-state index contributed by atoms with van der Waals surface area (Å²) in [6, 6.07) is 1.67. The van der Waals surface area contributed by atoms with E-state index >= 15 is 0 Å². The third-order valence-electron chi connectivity index (χ3n) is 5.25. The van der Waals surface area contributed by atoms with Gasteiger partial charge in [-0.15, -0.1) is 0 Å². The van der Waals surface area contributed by atoms with E-state index in [1.54, 1.807) is 0 Å². The first-order valence-electron chi connectivity index (χ1n) is 9.03. The number of nitrogens with zero attached hydrogens (tertiary/aromatic N) is 1. The summed E-state index contributed by atoms with van der Waals surface area (Å²) >= 11 is 0. The summed E-state index contributed by atoms with van der Waals surface area (Å²) in [7, 11) is 0. The van der Waals surface area contributed by atoms with Crippen LogP contribution in [0.4, 0.5) is 0 Å². The molecule has 20 heavy (non-hydrogen) atoms. The summed E-state index contributed by atoms with van der Waals surface area (Å²) < 4.78 is 0. The summed E-state index contributed by atoms with van der Waals surface area (Å²) in [6.07, 6.45) is 8.42. The number of hydrogen-bond acceptors (Lipinski definition) is 2. The predicted octanol–water partition coefficient (Wildman–Crippen LogP) is 3.91. The van der Waals surface area contributed by atoms with E-state index in [0.717, 1.165) is 29.8 Å². The second-order valence-corrected chi connectivity index (χ2v) is 7.99. The predicted molar refractivity (Wildman–Crippen MR) is 88.0 cm³/mol. The van der Waals surface area contributed by atoms with Crippen molar-refractivity contribution >= 4 is 0 Å². The minimum atomic E-state index is 0.826. The van der Waals surface area contributed by atoms with Gasteiger partial charge >= 0.3 is 0 Å². The van der Waals surface area contributed by atoms with Crippen molar-refractivity contribution in [3.05, 3.63) is 0 Å². The van der Waals surface area contributed by atoms with Crippen LogP contribution in [0.3, 0.4) is 0 Å². The smallest absolute Gasteiger partial charge is 0.0100 e. The minimum absolute atomic E-state index is 0.826. The maximum atomic E-state index is 3.72. The molecule has 1 unspecified atom stereocenters. The maximum absolute atomic E-state index is 3.72. The summed E-state index contributed by atoms with van der Waals surface area (Å²) in [5.41, 5.74) is 0. The van der Waals surface area contributed by atoms with Gasteiger partial charge in [-0.25, -0.2) is 0 Å². The molecule has 0 aromatic rings. The van der Waals surface area contributed by atoms with Crippen molar-refractivity contribution < 1.29 is 0 Å². The third kappa shape index (κ3) is 4.73. The van der Waals surface area contributed by atoms with Gasteiger partial charge < -0.3 is 10.2 Å². The highest BCUT2D eigenvalue weighted by Crippen LogP contribution is 2.29. The van der Waals surface area contributed by atoms with E-state index in [0.29, 0.717) is 0 Å². The van der Waals surface area contributed by atoms with Gasteiger partial charge in [0.1, 0.15) is 0 Å². The van der Waals surface area contributed by atoms with E-state index < -0.39 is 0 Å². The molecule has 2 heterocycles. The molecule has 0 saturated carbocycles. The van der Waals surface area contributed by atoms with Crippen molar-refractivity contribution in [2.45, 2.75) is 78.3 Å². The van der Waals surface area contributed by atoms with Crippen LogP contribution in [0.5, 0.6) is 0 Å². The van der Waals surface area contributed by atoms with Gasteiger partial charge in [0.2, 0.25) is 0 Å². The van der Waals surface area contributed by atoms with E-state index in [2.05, 4.69) is 37.9 Å². The van der Waals surface area contributed by atoms with Gasteiger partial charge in [0.15, 0.2) is 0 Å². The minimum Gasteiger partial charge on any atom is -0.314 e. The van der Waals surface area contributed by atoms with Crippen LogP contribution in [0, 0.1) is 17.8 Å². The Labute approximate surface area is 126 Å². The fraction of sp³-hybridized carbons (Fsp3) is 1.00. The molecule has 2 rings (SSSR count). The maximum Gasteiger partial charge on any atom is 0.0100 e. The number of rotatable bonds is 6. The van der Waals surface area contributed by atoms with Crippen molar-refractivity contribution in [3.8, 4) is 0 Å². The first-order chi connectivity index (χ1) is 9.56. The van der Waals surface area contributed by atoms with Crippen LogP contribution in [0.15, 0.2) is 0 Å². The van der Waals surface area contributed by atoms with Crippen molar-refractivity contribution in [2.75, 3.05) is 19.6 Å². The van der Waals surface area contributed by atoms with Crippen molar-refractivity contribution in [3.63, 3.8) is 0 Å². The second kappa shape index (κ2) is 7.79. The van der Waals surface area contributed by atoms with Crippen LogP contribution in [0.1, 0.15) is 66.2 Å². The summed E-state index contributed by atoms with van der Waals surface area (Å²) in [5.74, 6) is 2.61. The molecule has 0 aromatic carbocycles. The SMILES string of the molecule is CC(C)CC(CC(C)C)N1CCC(C2CCCN2)CC1. The molecule has 2 nitrogen and oxygen atoms in total. The number of likely N-dealkylation sites (tertiary alicyclic amines) is 1. The summed E-state index contributed by atoms with van der Waals surface area (Å²) in [5, 5.41) is 3.72. The molecular formula is C18H36N2. The normalized spacial score (nSPS) is 26.2. The van der Waals surface area contributed by atoms with Gasteiger partial charge in [0, 0.05) is 12.1 Å². The third-order valence-corrected chi connectivity index (χ3v) is 5.25. The zero-order valence-corrected chi connectivity index (χ0v) is 14.2. The molecular weight excluding hydrogens is 244 g/mol. The highest BCUT2D eigenvalue weighted by atomic mass is 15.2. The van der Waals surface area contributed by atoms with Gasteiger partial charge in [-0.1, -0.05) is 27.7 Å². The topological polar surface area (TPSA) is 15.3 Å². The molecule has 2 fully saturated rings. The molecule has 1 N–H and O–H groups in total. The van der Waals surface area contributed by atoms with E-state index in [4.69, 9.17) is 0 Å². The molecule has 1 atom stereocenters. The molecule has 118 valence electrons. The molecule has 0 bridgehead atoms. The molecule has 0 spiro atoms. The Hall–Kier alpha value is -0.0800. The summed E-state index contributed by atoms with van der Waals surface area (Å²) in [6.45, 7) is 13.4. The molecule has 0 aliphatic carbocycles. The number of nitrogens with one attached hydrogen (secondary N) is 1. The van der Waals surface area contributed by atoms with Crippen LogP contribution in [0.25, 0.3) is 0 Å². The van der Waals surface area contributed by atoms with Gasteiger partial charge in [-0.05, 0) is 75.9 Å². The molecule has 2 saturated heterocycles. The van der Waals surface area contributed by atoms with E-state index in [9.17, 15) is 0 Å². The Morgan fingerprint density at radius 3 is 2.00 bits per heavy atom. The Balaban J connectivity index is 1.82. The van der Waals surface area contributed by atoms with Crippen LogP contribution in [-0.2, 0) is 0 Å². The lowest BCUT2D eigenvalue weighted by molar-refractivity contribution is 0.0944. The fourth-order valence-electron chi connectivity index (χ4n) is 4.28. The highest BCUT2D eigenvalue weighted by Gasteiger charge is 2.31. The molecule has 0 radical (unpaired) electrons. The molecule has 0 amide bonds. The Bertz CT molecular complexity index is 251. The lowest BCUT2D eigenvalue weighted by Gasteiger charge is -2.40. The van der Waals surface area contributed by atoms with Crippen LogP contribution >= 0.6 is 0 Å². The Morgan fingerprint density at radius 2 is 1.55 bits per heavy atom. The molecule has 2 heteroatoms. The largest absolute Gasteiger partial charge is 0.314 e. The zero-order valence-electron chi connectivity index (χ0n) is 14.2. The monoisotopic (exact) mass is 280 g/mol. The van der Waals surface area contributed by atoms with Crippen molar-refractivity contribution in [1.29, 1.82) is 0 Å². The van der Waals surface area contributed by atoms with Crippen molar-refractivity contribution in [1.82, 2.24) is 10.2 Å². The van der Waals surface area contributed by atoms with E-state index in [1.807, 2.05) is 0 Å². The lowest BCUT2D eigenvalue weighted by atomic mass is 9.86. The van der Waals surface area contributed by atoms with E-state index in [-0.39, 0.29) is 0 Å². The quantitative estimate of drug-likeness (QED) is 0.793. The highest BCUT2D eigenvalue weighted by molar-refractivity contribution is 4.87. The molecule has 2 aliphatic heterocycles. The van der Waals surface area contributed by atoms with Gasteiger partial charge in [0.05, 0.1) is 0 Å². The van der Waals surface area contributed by atoms with Crippen LogP contribution in [-0.4, -0.2) is 36.6 Å². The van der Waals surface area contributed by atoms with Crippen LogP contribution < -0.4 is 5.32 Å². The number of piperidine rings is 1. The second-order valence-electron chi connectivity index (χ2n) is 7.99. The lowest BCUT2D eigenvalue weighted by Crippen LogP contribution is -2.46. The van der Waals surface area contributed by atoms with Crippen LogP contribution in [0.2, 0.25) is 0 Å². The fourth-order valence-corrected chi connectivity index (χ4v) is 4.28. The first kappa shape index (κ1) is 16.3. The van der Waals surface area contributed by atoms with Crippen molar-refractivity contribution in [2.24, 2.45) is 17.8 Å². The first-order valence-corrected chi connectivity index (χ1v) is 9.03. The van der Waals surface area contributed by atoms with E-state index in [1.165, 1.54) is 58.2 Å². The molecule has 0 aromatic heterocycles. The standard InChI is InChI=1S/C18H36N2/c1-14(2)12-17(13-15(3)4)20-10-7-16(8-11-20)18-6-5-9-19-18/h14-19H,5-13H2,1-4H3. The van der Waals surface area contributed by atoms with Gasteiger partial charge in [-0.3, -0.25) is 0 Å². The average molecular weight is 280 g/mol. The molecule has 2 aliphatic rings. The summed E-state index contributed by atoms with van der Waals surface area (Å²) in [4.78, 5) is 2.81. The average Bonchev–Trinajstić information content (AvgIpc) is 2.91. The van der Waals surface area contributed by atoms with Gasteiger partial charge in [0.25, 0.3) is 0 Å². The zero-order chi connectivity index (χ0) is 14.5. The number of hydrogen-bond donors (Lipinski definition) is 1. The Morgan fingerprint density at radius 1 is 0.950 bits per heavy atom. The van der Waals surface area contributed by atoms with Gasteiger partial charge in [-0.2, -0.15) is 0 Å².